The average molecular weight is 716 g/mol. The fourth-order valence-corrected chi connectivity index (χ4v) is 11.3. The van der Waals surface area contributed by atoms with E-state index in [-0.39, 0.29) is 24.0 Å². The molecule has 0 aromatic carbocycles. The van der Waals surface area contributed by atoms with Gasteiger partial charge >= 0.3 is 17.9 Å². The molecule has 0 radical (unpaired) electrons. The molecule has 288 valence electrons. The van der Waals surface area contributed by atoms with Crippen LogP contribution in [0.15, 0.2) is 12.2 Å². The van der Waals surface area contributed by atoms with Gasteiger partial charge in [0, 0.05) is 27.7 Å². The van der Waals surface area contributed by atoms with Crippen molar-refractivity contribution in [1.82, 2.24) is 5.32 Å². The largest absolute Gasteiger partial charge is 0.463 e. The molecule has 10 heteroatoms. The lowest BCUT2D eigenvalue weighted by Crippen LogP contribution is -2.67. The van der Waals surface area contributed by atoms with Crippen LogP contribution in [0.4, 0.5) is 0 Å². The first-order chi connectivity index (χ1) is 24.0. The topological polar surface area (TPSA) is 126 Å². The zero-order valence-corrected chi connectivity index (χ0v) is 32.6. The van der Waals surface area contributed by atoms with Crippen molar-refractivity contribution in [3.05, 3.63) is 12.2 Å². The molecule has 0 unspecified atom stereocenters. The Kier molecular flexibility index (Phi) is 12.7. The van der Waals surface area contributed by atoms with Crippen molar-refractivity contribution >= 4 is 23.8 Å². The van der Waals surface area contributed by atoms with Gasteiger partial charge < -0.3 is 29.0 Å². The number of amides is 1. The Morgan fingerprint density at radius 1 is 0.824 bits per heavy atom. The van der Waals surface area contributed by atoms with Crippen molar-refractivity contribution in [2.75, 3.05) is 6.61 Å². The van der Waals surface area contributed by atoms with Gasteiger partial charge in [-0.05, 0) is 97.2 Å². The molecule has 0 aromatic rings. The van der Waals surface area contributed by atoms with Crippen molar-refractivity contribution in [1.29, 1.82) is 0 Å². The van der Waals surface area contributed by atoms with Gasteiger partial charge in [0.15, 0.2) is 18.5 Å². The summed E-state index contributed by atoms with van der Waals surface area (Å²) in [5.74, 6) is 2.54. The van der Waals surface area contributed by atoms with Crippen molar-refractivity contribution in [2.24, 2.45) is 52.3 Å². The third-order valence-electron chi connectivity index (χ3n) is 13.7. The van der Waals surface area contributed by atoms with E-state index >= 15 is 0 Å². The molecule has 14 atom stereocenters. The predicted octanol–water partition coefficient (Wildman–Crippen LogP) is 6.93. The Morgan fingerprint density at radius 3 is 2.14 bits per heavy atom. The lowest BCUT2D eigenvalue weighted by Gasteiger charge is -2.59. The van der Waals surface area contributed by atoms with Gasteiger partial charge in [0.2, 0.25) is 5.91 Å². The van der Waals surface area contributed by atoms with Crippen molar-refractivity contribution in [3.8, 4) is 0 Å². The van der Waals surface area contributed by atoms with E-state index < -0.39 is 48.6 Å². The van der Waals surface area contributed by atoms with Gasteiger partial charge in [-0.3, -0.25) is 19.2 Å². The van der Waals surface area contributed by atoms with E-state index in [9.17, 15) is 19.2 Å². The summed E-state index contributed by atoms with van der Waals surface area (Å²) in [7, 11) is 0. The molecule has 1 aliphatic heterocycles. The minimum atomic E-state index is -1.13. The van der Waals surface area contributed by atoms with Crippen LogP contribution in [0.25, 0.3) is 0 Å². The zero-order valence-electron chi connectivity index (χ0n) is 32.6. The van der Waals surface area contributed by atoms with E-state index in [1.54, 1.807) is 0 Å². The van der Waals surface area contributed by atoms with Crippen LogP contribution in [-0.2, 0) is 42.9 Å². The Labute approximate surface area is 305 Å². The van der Waals surface area contributed by atoms with Gasteiger partial charge in [-0.2, -0.15) is 0 Å². The summed E-state index contributed by atoms with van der Waals surface area (Å²) in [5.41, 5.74) is 0.582. The summed E-state index contributed by atoms with van der Waals surface area (Å²) in [6.45, 7) is 17.2. The van der Waals surface area contributed by atoms with Crippen molar-refractivity contribution in [3.63, 3.8) is 0 Å². The maximum Gasteiger partial charge on any atom is 0.303 e. The number of fused-ring (bicyclic) bond motifs is 5. The predicted molar refractivity (Wildman–Crippen MR) is 192 cm³/mol. The SMILES string of the molecule is CC(=O)N[C@H]1[C@@H](O[C@H]2CC[C@]3(C)[C@@H]4CC[C@@]5(C)[C@H](CC[C@H]5[C@H](C)CCCC(C)C)[C@H]4C=C[C@H]3C2)O[C@@H](COC(C)=O)[C@@H](OC(C)=O)[C@@H]1OC(C)=O. The van der Waals surface area contributed by atoms with Crippen LogP contribution < -0.4 is 5.32 Å². The molecule has 1 saturated heterocycles. The molecule has 0 bridgehead atoms. The smallest absolute Gasteiger partial charge is 0.303 e. The van der Waals surface area contributed by atoms with Crippen LogP contribution in [0.2, 0.25) is 0 Å². The van der Waals surface area contributed by atoms with Crippen LogP contribution in [0.1, 0.15) is 127 Å². The minimum absolute atomic E-state index is 0.171. The lowest BCUT2D eigenvalue weighted by molar-refractivity contribution is -0.292. The third-order valence-corrected chi connectivity index (χ3v) is 13.7. The summed E-state index contributed by atoms with van der Waals surface area (Å²) < 4.78 is 29.6. The Bertz CT molecular complexity index is 1300. The Morgan fingerprint density at radius 2 is 1.49 bits per heavy atom. The van der Waals surface area contributed by atoms with Gasteiger partial charge in [-0.1, -0.05) is 66.0 Å². The molecule has 1 heterocycles. The quantitative estimate of drug-likeness (QED) is 0.130. The average Bonchev–Trinajstić information content (AvgIpc) is 3.39. The molecule has 4 fully saturated rings. The number of esters is 3. The molecule has 3 saturated carbocycles. The zero-order chi connectivity index (χ0) is 37.2. The van der Waals surface area contributed by atoms with E-state index in [0.29, 0.717) is 23.2 Å². The van der Waals surface area contributed by atoms with E-state index in [0.717, 1.165) is 42.9 Å². The first kappa shape index (κ1) is 39.7. The first-order valence-corrected chi connectivity index (χ1v) is 19.8. The highest BCUT2D eigenvalue weighted by Gasteiger charge is 2.60. The van der Waals surface area contributed by atoms with Crippen molar-refractivity contribution < 1.29 is 42.9 Å². The third kappa shape index (κ3) is 8.69. The monoisotopic (exact) mass is 715 g/mol. The van der Waals surface area contributed by atoms with E-state index in [2.05, 4.69) is 52.1 Å². The Hall–Kier alpha value is -2.46. The van der Waals surface area contributed by atoms with Crippen LogP contribution in [0.3, 0.4) is 0 Å². The van der Waals surface area contributed by atoms with E-state index in [1.165, 1.54) is 72.6 Å². The molecule has 1 N–H and O–H groups in total. The molecule has 51 heavy (non-hydrogen) atoms. The summed E-state index contributed by atoms with van der Waals surface area (Å²) >= 11 is 0. The van der Waals surface area contributed by atoms with Gasteiger partial charge in [-0.25, -0.2) is 0 Å². The molecule has 0 spiro atoms. The van der Waals surface area contributed by atoms with E-state index in [1.807, 2.05) is 0 Å². The fraction of sp³-hybridized carbons (Fsp3) is 0.854. The van der Waals surface area contributed by atoms with E-state index in [4.69, 9.17) is 23.7 Å². The molecule has 0 aromatic heterocycles. The van der Waals surface area contributed by atoms with Crippen molar-refractivity contribution in [2.45, 2.75) is 163 Å². The number of rotatable bonds is 12. The van der Waals surface area contributed by atoms with Gasteiger partial charge in [0.05, 0.1) is 6.10 Å². The first-order valence-electron chi connectivity index (χ1n) is 19.8. The second-order valence-corrected chi connectivity index (χ2v) is 17.6. The molecule has 1 amide bonds. The number of carbonyl (C=O) groups excluding carboxylic acids is 4. The number of allylic oxidation sites excluding steroid dienone is 2. The molecule has 5 aliphatic rings. The Balaban J connectivity index is 1.32. The highest BCUT2D eigenvalue weighted by Crippen LogP contribution is 2.67. The fourth-order valence-electron chi connectivity index (χ4n) is 11.3. The normalized spacial score (nSPS) is 40.7. The molecule has 4 aliphatic carbocycles. The number of ether oxygens (including phenoxy) is 5. The summed E-state index contributed by atoms with van der Waals surface area (Å²) in [6, 6.07) is -0.956. The molecule has 5 rings (SSSR count). The number of hydrogen-bond donors (Lipinski definition) is 1. The number of hydrogen-bond acceptors (Lipinski definition) is 9. The lowest BCUT2D eigenvalue weighted by atomic mass is 9.46. The maximum absolute atomic E-state index is 12.5. The molecular formula is C41H65NO9. The van der Waals surface area contributed by atoms with Gasteiger partial charge in [0.25, 0.3) is 0 Å². The maximum atomic E-state index is 12.5. The standard InChI is InChI=1S/C41H65NO9/c1-23(2)11-10-12-24(3)32-15-16-33-31-14-13-29-21-30(17-19-40(29,8)34(31)18-20-41(32,33)9)50-39-36(42-25(4)43)38(49-28(7)46)37(48-27(6)45)35(51-39)22-47-26(5)44/h13-14,23-24,29-39H,10-12,15-22H2,1-9H3,(H,42,43)/t24-,29+,30+,31-,32+,33-,34-,35+,36-,37-,38-,39+,40+,41-/m1/s1. The van der Waals surface area contributed by atoms with Crippen LogP contribution in [0, 0.1) is 52.3 Å². The van der Waals surface area contributed by atoms with Crippen LogP contribution in [-0.4, -0.2) is 67.2 Å². The second kappa shape index (κ2) is 16.3. The van der Waals surface area contributed by atoms with Crippen LogP contribution in [0.5, 0.6) is 0 Å². The van der Waals surface area contributed by atoms with Crippen LogP contribution >= 0.6 is 0 Å². The number of carbonyl (C=O) groups is 4. The highest BCUT2D eigenvalue weighted by atomic mass is 16.7. The highest BCUT2D eigenvalue weighted by molar-refractivity contribution is 5.73. The van der Waals surface area contributed by atoms with Gasteiger partial charge in [-0.15, -0.1) is 0 Å². The molecule has 10 nitrogen and oxygen atoms in total. The number of nitrogens with one attached hydrogen (secondary N) is 1. The minimum Gasteiger partial charge on any atom is -0.463 e. The summed E-state index contributed by atoms with van der Waals surface area (Å²) in [6.07, 6.45) is 12.5. The summed E-state index contributed by atoms with van der Waals surface area (Å²) in [4.78, 5) is 48.7. The molecular weight excluding hydrogens is 650 g/mol. The summed E-state index contributed by atoms with van der Waals surface area (Å²) in [5, 5.41) is 2.84. The van der Waals surface area contributed by atoms with Gasteiger partial charge in [0.1, 0.15) is 18.8 Å². The second-order valence-electron chi connectivity index (χ2n) is 17.6.